The largest absolute Gasteiger partial charge is 0.336 e. The van der Waals surface area contributed by atoms with Crippen molar-refractivity contribution >= 4 is 41.1 Å². The fourth-order valence-electron chi connectivity index (χ4n) is 4.25. The number of rotatable bonds is 4. The van der Waals surface area contributed by atoms with E-state index in [1.165, 1.54) is 0 Å². The number of benzene rings is 1. The molecule has 7 nitrogen and oxygen atoms in total. The van der Waals surface area contributed by atoms with Crippen LogP contribution in [0.3, 0.4) is 0 Å². The van der Waals surface area contributed by atoms with E-state index in [1.54, 1.807) is 36.3 Å². The summed E-state index contributed by atoms with van der Waals surface area (Å²) in [6, 6.07) is 10.6. The maximum Gasteiger partial charge on any atom is 0.272 e. The van der Waals surface area contributed by atoms with Crippen molar-refractivity contribution in [1.29, 1.82) is 0 Å². The van der Waals surface area contributed by atoms with Gasteiger partial charge in [-0.1, -0.05) is 36.9 Å². The third-order valence-corrected chi connectivity index (χ3v) is 5.70. The van der Waals surface area contributed by atoms with Gasteiger partial charge in [-0.25, -0.2) is 0 Å². The van der Waals surface area contributed by atoms with Crippen LogP contribution in [0.2, 0.25) is 0 Å². The van der Waals surface area contributed by atoms with Crippen LogP contribution in [0.4, 0.5) is 0 Å². The van der Waals surface area contributed by atoms with Crippen molar-refractivity contribution in [3.8, 4) is 0 Å². The van der Waals surface area contributed by atoms with Crippen LogP contribution in [0.15, 0.2) is 42.6 Å². The van der Waals surface area contributed by atoms with Crippen molar-refractivity contribution in [3.63, 3.8) is 0 Å². The summed E-state index contributed by atoms with van der Waals surface area (Å²) in [6.45, 7) is 6.53. The number of hydrogen-bond donors (Lipinski definition) is 1. The van der Waals surface area contributed by atoms with Gasteiger partial charge in [-0.05, 0) is 31.0 Å². The van der Waals surface area contributed by atoms with Crippen LogP contribution in [-0.2, 0) is 16.1 Å². The Hall–Kier alpha value is -3.74. The number of fused-ring (bicyclic) bond motifs is 1. The Balaban J connectivity index is 1.78. The van der Waals surface area contributed by atoms with Gasteiger partial charge in [0.05, 0.1) is 0 Å². The molecular formula is C24H24N4O3. The minimum absolute atomic E-state index is 0.168. The number of carbonyl (C=O) groups excluding carboxylic acids is 3. The smallest absolute Gasteiger partial charge is 0.272 e. The number of piperidine rings is 1. The van der Waals surface area contributed by atoms with Crippen molar-refractivity contribution in [3.05, 3.63) is 64.6 Å². The van der Waals surface area contributed by atoms with Crippen molar-refractivity contribution in [1.82, 2.24) is 19.8 Å². The zero-order valence-corrected chi connectivity index (χ0v) is 17.6. The van der Waals surface area contributed by atoms with E-state index in [0.717, 1.165) is 27.0 Å². The van der Waals surface area contributed by atoms with Crippen LogP contribution in [0.5, 0.6) is 0 Å². The van der Waals surface area contributed by atoms with Crippen LogP contribution < -0.4 is 16.0 Å². The van der Waals surface area contributed by atoms with E-state index in [2.05, 4.69) is 16.9 Å². The molecule has 2 aromatic heterocycles. The van der Waals surface area contributed by atoms with Gasteiger partial charge in [-0.3, -0.25) is 24.7 Å². The second kappa shape index (κ2) is 8.18. The highest BCUT2D eigenvalue weighted by atomic mass is 16.2. The molecule has 0 saturated carbocycles. The minimum Gasteiger partial charge on any atom is -0.336 e. The molecule has 1 aliphatic rings. The summed E-state index contributed by atoms with van der Waals surface area (Å²) in [5.41, 5.74) is 1.34. The molecule has 7 heteroatoms. The van der Waals surface area contributed by atoms with E-state index >= 15 is 0 Å². The molecule has 1 atom stereocenters. The Morgan fingerprint density at radius 1 is 1.29 bits per heavy atom. The number of nitrogens with zero attached hydrogens (tertiary/aromatic N) is 3. The molecule has 1 aromatic carbocycles. The van der Waals surface area contributed by atoms with Gasteiger partial charge >= 0.3 is 0 Å². The molecule has 0 radical (unpaired) electrons. The third-order valence-electron chi connectivity index (χ3n) is 5.70. The van der Waals surface area contributed by atoms with E-state index in [-0.39, 0.29) is 17.7 Å². The van der Waals surface area contributed by atoms with Crippen LogP contribution in [0.25, 0.3) is 23.4 Å². The molecule has 0 aliphatic carbocycles. The molecule has 1 N–H and O–H groups in total. The van der Waals surface area contributed by atoms with Crippen LogP contribution in [0, 0.1) is 0 Å². The number of hydrogen-bond acceptors (Lipinski definition) is 4. The lowest BCUT2D eigenvalue weighted by atomic mass is 10.1. The Labute approximate surface area is 179 Å². The SMILES string of the molecule is C=c1c2cccc(CN(C)C(=O)c3ccccn3)c2c(=CC)n1C1CCC(=O)NC1=O. The fraction of sp³-hybridized carbons (Fsp3) is 0.250. The molecule has 0 bridgehead atoms. The zero-order chi connectivity index (χ0) is 22.1. The summed E-state index contributed by atoms with van der Waals surface area (Å²) in [6.07, 6.45) is 4.27. The Morgan fingerprint density at radius 2 is 2.10 bits per heavy atom. The van der Waals surface area contributed by atoms with Crippen molar-refractivity contribution < 1.29 is 14.4 Å². The number of imide groups is 1. The van der Waals surface area contributed by atoms with Gasteiger partial charge in [-0.15, -0.1) is 0 Å². The Morgan fingerprint density at radius 3 is 2.77 bits per heavy atom. The number of nitrogens with one attached hydrogen (secondary N) is 1. The number of carbonyl (C=O) groups is 3. The normalized spacial score (nSPS) is 17.1. The maximum atomic E-state index is 12.8. The monoisotopic (exact) mass is 416 g/mol. The molecule has 4 rings (SSSR count). The molecule has 0 spiro atoms. The standard InChI is InChI=1S/C24H24N4O3/c1-4-19-22-16(14-27(3)24(31)18-10-5-6-13-25-18)8-7-9-17(22)15(2)28(19)20-11-12-21(29)26-23(20)30/h4-10,13,20H,2,11-12,14H2,1,3H3,(H,26,29,30). The van der Waals surface area contributed by atoms with Gasteiger partial charge < -0.3 is 9.47 Å². The van der Waals surface area contributed by atoms with E-state index in [9.17, 15) is 14.4 Å². The second-order valence-electron chi connectivity index (χ2n) is 7.67. The summed E-state index contributed by atoms with van der Waals surface area (Å²) in [7, 11) is 1.74. The lowest BCUT2D eigenvalue weighted by Gasteiger charge is -2.23. The molecule has 1 unspecified atom stereocenters. The van der Waals surface area contributed by atoms with Crippen molar-refractivity contribution in [2.24, 2.45) is 0 Å². The number of pyridine rings is 1. The van der Waals surface area contributed by atoms with E-state index < -0.39 is 6.04 Å². The van der Waals surface area contributed by atoms with Crippen LogP contribution >= 0.6 is 0 Å². The molecule has 3 amide bonds. The van der Waals surface area contributed by atoms with Gasteiger partial charge in [-0.2, -0.15) is 0 Å². The van der Waals surface area contributed by atoms with Crippen LogP contribution in [-0.4, -0.2) is 39.2 Å². The number of amides is 3. The zero-order valence-electron chi connectivity index (χ0n) is 17.6. The molecule has 1 aliphatic heterocycles. The average Bonchev–Trinajstić information content (AvgIpc) is 3.06. The molecule has 31 heavy (non-hydrogen) atoms. The molecule has 3 aromatic rings. The lowest BCUT2D eigenvalue weighted by Crippen LogP contribution is -2.46. The second-order valence-corrected chi connectivity index (χ2v) is 7.67. The fourth-order valence-corrected chi connectivity index (χ4v) is 4.25. The first kappa shape index (κ1) is 20.5. The van der Waals surface area contributed by atoms with E-state index in [0.29, 0.717) is 25.1 Å². The summed E-state index contributed by atoms with van der Waals surface area (Å²) >= 11 is 0. The van der Waals surface area contributed by atoms with Gasteiger partial charge in [0, 0.05) is 47.7 Å². The highest BCUT2D eigenvalue weighted by Gasteiger charge is 2.29. The Bertz CT molecular complexity index is 1290. The first-order valence-electron chi connectivity index (χ1n) is 10.2. The predicted molar refractivity (Wildman–Crippen MR) is 118 cm³/mol. The topological polar surface area (TPSA) is 84.3 Å². The number of aromatic nitrogens is 2. The first-order valence-corrected chi connectivity index (χ1v) is 10.2. The van der Waals surface area contributed by atoms with Gasteiger partial charge in [0.15, 0.2) is 0 Å². The van der Waals surface area contributed by atoms with E-state index in [4.69, 9.17) is 0 Å². The van der Waals surface area contributed by atoms with Gasteiger partial charge in [0.2, 0.25) is 11.8 Å². The summed E-state index contributed by atoms with van der Waals surface area (Å²) in [5.74, 6) is -0.728. The quantitative estimate of drug-likeness (QED) is 0.654. The molecule has 1 fully saturated rings. The summed E-state index contributed by atoms with van der Waals surface area (Å²) < 4.78 is 1.91. The van der Waals surface area contributed by atoms with E-state index in [1.807, 2.05) is 35.8 Å². The van der Waals surface area contributed by atoms with Gasteiger partial charge in [0.25, 0.3) is 5.91 Å². The summed E-state index contributed by atoms with van der Waals surface area (Å²) in [5, 5.41) is 5.90. The highest BCUT2D eigenvalue weighted by molar-refractivity contribution is 6.00. The molecule has 1 saturated heterocycles. The van der Waals surface area contributed by atoms with Crippen molar-refractivity contribution in [2.75, 3.05) is 7.05 Å². The van der Waals surface area contributed by atoms with Crippen molar-refractivity contribution in [2.45, 2.75) is 32.4 Å². The Kier molecular flexibility index (Phi) is 5.42. The van der Waals surface area contributed by atoms with Crippen LogP contribution in [0.1, 0.15) is 41.9 Å². The molecular weight excluding hydrogens is 392 g/mol. The summed E-state index contributed by atoms with van der Waals surface area (Å²) in [4.78, 5) is 42.7. The first-order chi connectivity index (χ1) is 14.9. The predicted octanol–water partition coefficient (Wildman–Crippen LogP) is 1.50. The lowest BCUT2D eigenvalue weighted by molar-refractivity contribution is -0.135. The molecule has 158 valence electrons. The average molecular weight is 416 g/mol. The maximum absolute atomic E-state index is 12.8. The highest BCUT2D eigenvalue weighted by Crippen LogP contribution is 2.21. The molecule has 3 heterocycles. The van der Waals surface area contributed by atoms with Gasteiger partial charge in [0.1, 0.15) is 11.7 Å². The third kappa shape index (κ3) is 3.63. The minimum atomic E-state index is -0.496.